The minimum Gasteiger partial charge on any atom is -0.435 e. The Morgan fingerprint density at radius 2 is 2.00 bits per heavy atom. The van der Waals surface area contributed by atoms with Gasteiger partial charge in [0.15, 0.2) is 0 Å². The molecule has 0 atom stereocenters. The molecule has 0 aliphatic heterocycles. The van der Waals surface area contributed by atoms with Crippen molar-refractivity contribution in [2.75, 3.05) is 0 Å². The van der Waals surface area contributed by atoms with Crippen molar-refractivity contribution in [3.63, 3.8) is 0 Å². The molecule has 0 bridgehead atoms. The molecule has 1 aromatic carbocycles. The number of ether oxygens (including phenoxy) is 1. The van der Waals surface area contributed by atoms with E-state index >= 15 is 0 Å². The maximum atomic E-state index is 11.7. The van der Waals surface area contributed by atoms with Crippen LogP contribution in [0.15, 0.2) is 23.1 Å². The van der Waals surface area contributed by atoms with Crippen LogP contribution in [0.1, 0.15) is 0 Å². The molecule has 0 heterocycles. The van der Waals surface area contributed by atoms with Crippen molar-refractivity contribution < 1.29 is 13.5 Å². The summed E-state index contributed by atoms with van der Waals surface area (Å²) >= 11 is 9.50. The van der Waals surface area contributed by atoms with Crippen LogP contribution in [0.4, 0.5) is 8.78 Å². The number of alkyl halides is 2. The summed E-state index contributed by atoms with van der Waals surface area (Å²) in [6.45, 7) is -2.84. The average molecular weight is 211 g/mol. The molecule has 0 amide bonds. The van der Waals surface area contributed by atoms with Crippen molar-refractivity contribution in [1.82, 2.24) is 0 Å². The van der Waals surface area contributed by atoms with Gasteiger partial charge in [-0.1, -0.05) is 11.6 Å². The smallest absolute Gasteiger partial charge is 0.387 e. The van der Waals surface area contributed by atoms with Gasteiger partial charge >= 0.3 is 6.61 Å². The summed E-state index contributed by atoms with van der Waals surface area (Å²) in [5.74, 6) is 0.0162. The summed E-state index contributed by atoms with van der Waals surface area (Å²) in [4.78, 5) is 0.484. The Morgan fingerprint density at radius 1 is 1.33 bits per heavy atom. The standard InChI is InChI=1S/C7H5ClF2OS/c8-4-1-5(11-7(9)10)3-6(12)2-4/h1-3,7,12H. The van der Waals surface area contributed by atoms with Crippen molar-refractivity contribution in [3.8, 4) is 5.75 Å². The third kappa shape index (κ3) is 2.87. The second-order valence-electron chi connectivity index (χ2n) is 2.02. The SMILES string of the molecule is FC(F)Oc1cc(S)cc(Cl)c1. The first-order chi connectivity index (χ1) is 5.58. The Bertz CT molecular complexity index is 260. The van der Waals surface area contributed by atoms with E-state index in [0.29, 0.717) is 9.92 Å². The topological polar surface area (TPSA) is 9.23 Å². The maximum absolute atomic E-state index is 11.7. The summed E-state index contributed by atoms with van der Waals surface area (Å²) in [5, 5.41) is 0.318. The first kappa shape index (κ1) is 9.61. The molecule has 5 heteroatoms. The molecule has 1 rings (SSSR count). The maximum Gasteiger partial charge on any atom is 0.387 e. The summed E-state index contributed by atoms with van der Waals surface area (Å²) in [6, 6.07) is 4.19. The Morgan fingerprint density at radius 3 is 2.50 bits per heavy atom. The van der Waals surface area contributed by atoms with E-state index in [2.05, 4.69) is 17.4 Å². The number of hydrogen-bond donors (Lipinski definition) is 1. The van der Waals surface area contributed by atoms with Crippen molar-refractivity contribution >= 4 is 24.2 Å². The van der Waals surface area contributed by atoms with E-state index in [1.165, 1.54) is 18.2 Å². The summed E-state index contributed by atoms with van der Waals surface area (Å²) in [6.07, 6.45) is 0. The molecule has 0 spiro atoms. The Hall–Kier alpha value is -0.480. The van der Waals surface area contributed by atoms with Gasteiger partial charge in [0.05, 0.1) is 0 Å². The van der Waals surface area contributed by atoms with Gasteiger partial charge in [-0.05, 0) is 18.2 Å². The van der Waals surface area contributed by atoms with Crippen LogP contribution in [0.5, 0.6) is 5.75 Å². The number of rotatable bonds is 2. The second-order valence-corrected chi connectivity index (χ2v) is 2.98. The third-order valence-corrected chi connectivity index (χ3v) is 1.56. The largest absolute Gasteiger partial charge is 0.435 e. The zero-order valence-corrected chi connectivity index (χ0v) is 7.45. The van der Waals surface area contributed by atoms with Crippen LogP contribution in [-0.2, 0) is 0 Å². The zero-order valence-electron chi connectivity index (χ0n) is 5.80. The molecular weight excluding hydrogens is 206 g/mol. The lowest BCUT2D eigenvalue weighted by Gasteiger charge is -2.04. The predicted octanol–water partition coefficient (Wildman–Crippen LogP) is 3.23. The lowest BCUT2D eigenvalue weighted by atomic mass is 10.3. The minimum absolute atomic E-state index is 0.0162. The van der Waals surface area contributed by atoms with Crippen molar-refractivity contribution in [1.29, 1.82) is 0 Å². The van der Waals surface area contributed by atoms with Gasteiger partial charge in [0.2, 0.25) is 0 Å². The van der Waals surface area contributed by atoms with E-state index in [-0.39, 0.29) is 5.75 Å². The average Bonchev–Trinajstić information content (AvgIpc) is 1.81. The minimum atomic E-state index is -2.84. The predicted molar refractivity (Wildman–Crippen MR) is 45.3 cm³/mol. The van der Waals surface area contributed by atoms with Crippen LogP contribution in [0.2, 0.25) is 5.02 Å². The van der Waals surface area contributed by atoms with Crippen LogP contribution in [0.3, 0.4) is 0 Å². The third-order valence-electron chi connectivity index (χ3n) is 1.08. The van der Waals surface area contributed by atoms with Gasteiger partial charge < -0.3 is 4.74 Å². The summed E-state index contributed by atoms with van der Waals surface area (Å²) in [5.41, 5.74) is 0. The van der Waals surface area contributed by atoms with Crippen molar-refractivity contribution in [3.05, 3.63) is 23.2 Å². The molecule has 0 fully saturated rings. The van der Waals surface area contributed by atoms with Crippen LogP contribution in [0.25, 0.3) is 0 Å². The Kier molecular flexibility index (Phi) is 3.17. The molecule has 0 aliphatic rings. The van der Waals surface area contributed by atoms with Crippen LogP contribution in [0, 0.1) is 0 Å². The number of benzene rings is 1. The van der Waals surface area contributed by atoms with E-state index in [1.54, 1.807) is 0 Å². The highest BCUT2D eigenvalue weighted by Gasteiger charge is 2.05. The molecule has 0 saturated heterocycles. The number of halogens is 3. The van der Waals surface area contributed by atoms with Gasteiger partial charge in [0.25, 0.3) is 0 Å². The number of thiol groups is 1. The van der Waals surface area contributed by atoms with E-state index < -0.39 is 6.61 Å². The molecule has 1 nitrogen and oxygen atoms in total. The summed E-state index contributed by atoms with van der Waals surface area (Å²) in [7, 11) is 0. The first-order valence-electron chi connectivity index (χ1n) is 3.02. The van der Waals surface area contributed by atoms with Gasteiger partial charge in [-0.2, -0.15) is 8.78 Å². The lowest BCUT2D eigenvalue weighted by molar-refractivity contribution is -0.0499. The number of hydrogen-bond acceptors (Lipinski definition) is 2. The fraction of sp³-hybridized carbons (Fsp3) is 0.143. The van der Waals surface area contributed by atoms with Gasteiger partial charge in [-0.25, -0.2) is 0 Å². The molecule has 66 valence electrons. The van der Waals surface area contributed by atoms with Crippen LogP contribution >= 0.6 is 24.2 Å². The highest BCUT2D eigenvalue weighted by Crippen LogP contribution is 2.24. The molecule has 1 aromatic rings. The van der Waals surface area contributed by atoms with Crippen molar-refractivity contribution in [2.45, 2.75) is 11.5 Å². The highest BCUT2D eigenvalue weighted by atomic mass is 35.5. The van der Waals surface area contributed by atoms with E-state index in [9.17, 15) is 8.78 Å². The van der Waals surface area contributed by atoms with Gasteiger partial charge in [-0.3, -0.25) is 0 Å². The van der Waals surface area contributed by atoms with Gasteiger partial charge in [0.1, 0.15) is 5.75 Å². The van der Waals surface area contributed by atoms with Gasteiger partial charge in [-0.15, -0.1) is 12.6 Å². The zero-order chi connectivity index (χ0) is 9.14. The fourth-order valence-electron chi connectivity index (χ4n) is 0.719. The monoisotopic (exact) mass is 210 g/mol. The normalized spacial score (nSPS) is 10.4. The lowest BCUT2D eigenvalue weighted by Crippen LogP contribution is -2.01. The van der Waals surface area contributed by atoms with Crippen LogP contribution in [-0.4, -0.2) is 6.61 Å². The van der Waals surface area contributed by atoms with Crippen LogP contribution < -0.4 is 4.74 Å². The molecule has 0 saturated carbocycles. The Labute approximate surface area is 78.7 Å². The second kappa shape index (κ2) is 3.96. The Balaban J connectivity index is 2.85. The quantitative estimate of drug-likeness (QED) is 0.738. The molecular formula is C7H5ClF2OS. The first-order valence-corrected chi connectivity index (χ1v) is 3.85. The molecule has 0 radical (unpaired) electrons. The highest BCUT2D eigenvalue weighted by molar-refractivity contribution is 7.80. The van der Waals surface area contributed by atoms with E-state index in [0.717, 1.165) is 0 Å². The molecule has 0 N–H and O–H groups in total. The van der Waals surface area contributed by atoms with Gasteiger partial charge in [0, 0.05) is 9.92 Å². The molecule has 0 aliphatic carbocycles. The summed E-state index contributed by atoms with van der Waals surface area (Å²) < 4.78 is 27.5. The fourth-order valence-corrected chi connectivity index (χ4v) is 1.29. The van der Waals surface area contributed by atoms with Crippen molar-refractivity contribution in [2.24, 2.45) is 0 Å². The van der Waals surface area contributed by atoms with E-state index in [1.807, 2.05) is 0 Å². The molecule has 0 aromatic heterocycles. The molecule has 0 unspecified atom stereocenters. The van der Waals surface area contributed by atoms with E-state index in [4.69, 9.17) is 11.6 Å². The molecule has 12 heavy (non-hydrogen) atoms.